The van der Waals surface area contributed by atoms with Crippen LogP contribution in [-0.2, 0) is 6.42 Å². The lowest BCUT2D eigenvalue weighted by molar-refractivity contribution is 0.141. The molecule has 1 atom stereocenters. The molecule has 2 heterocycles. The van der Waals surface area contributed by atoms with Gasteiger partial charge in [0.1, 0.15) is 17.2 Å². The maximum Gasteiger partial charge on any atom is 0.224 e. The van der Waals surface area contributed by atoms with Gasteiger partial charge in [-0.2, -0.15) is 0 Å². The second kappa shape index (κ2) is 5.24. The van der Waals surface area contributed by atoms with E-state index in [0.717, 1.165) is 28.6 Å². The van der Waals surface area contributed by atoms with E-state index < -0.39 is 5.72 Å². The average Bonchev–Trinajstić information content (AvgIpc) is 2.94. The molecule has 0 amide bonds. The van der Waals surface area contributed by atoms with Crippen LogP contribution in [0, 0.1) is 0 Å². The van der Waals surface area contributed by atoms with E-state index in [0.29, 0.717) is 0 Å². The van der Waals surface area contributed by atoms with E-state index in [4.69, 9.17) is 9.73 Å². The third kappa shape index (κ3) is 2.05. The number of aromatic hydroxyl groups is 1. The summed E-state index contributed by atoms with van der Waals surface area (Å²) >= 11 is 0. The molecule has 1 spiro atoms. The van der Waals surface area contributed by atoms with Gasteiger partial charge in [-0.3, -0.25) is 4.99 Å². The van der Waals surface area contributed by atoms with Crippen molar-refractivity contribution in [1.82, 2.24) is 0 Å². The van der Waals surface area contributed by atoms with Gasteiger partial charge in [-0.15, -0.1) is 0 Å². The highest BCUT2D eigenvalue weighted by atomic mass is 16.5. The molecule has 4 heteroatoms. The minimum atomic E-state index is -0.602. The number of rotatable bonds is 1. The second-order valence-electron chi connectivity index (χ2n) is 7.29. The quantitative estimate of drug-likeness (QED) is 0.689. The van der Waals surface area contributed by atoms with Crippen LogP contribution in [-0.4, -0.2) is 23.1 Å². The highest BCUT2D eigenvalue weighted by molar-refractivity contribution is 6.00. The van der Waals surface area contributed by atoms with Crippen molar-refractivity contribution in [3.8, 4) is 11.5 Å². The van der Waals surface area contributed by atoms with Crippen LogP contribution in [0.25, 0.3) is 10.8 Å². The van der Waals surface area contributed by atoms with Gasteiger partial charge in [0, 0.05) is 23.5 Å². The number of aliphatic imine (C=N–C) groups is 1. The molecule has 0 fully saturated rings. The zero-order chi connectivity index (χ0) is 17.9. The summed E-state index contributed by atoms with van der Waals surface area (Å²) in [5.74, 6) is 0.988. The summed E-state index contributed by atoms with van der Waals surface area (Å²) in [7, 11) is 0. The number of phenols is 1. The zero-order valence-corrected chi connectivity index (χ0v) is 14.8. The monoisotopic (exact) mass is 344 g/mol. The Morgan fingerprint density at radius 3 is 2.77 bits per heavy atom. The van der Waals surface area contributed by atoms with Crippen molar-refractivity contribution in [2.24, 2.45) is 4.99 Å². The summed E-state index contributed by atoms with van der Waals surface area (Å²) in [5, 5.41) is 11.8. The molecule has 1 unspecified atom stereocenters. The second-order valence-corrected chi connectivity index (χ2v) is 7.29. The minimum Gasteiger partial charge on any atom is -0.508 e. The molecule has 2 aliphatic rings. The Morgan fingerprint density at radius 1 is 1.12 bits per heavy atom. The lowest BCUT2D eigenvalue weighted by Gasteiger charge is -2.42. The van der Waals surface area contributed by atoms with Crippen molar-refractivity contribution in [3.05, 3.63) is 60.2 Å². The Hall–Kier alpha value is -3.01. The number of anilines is 1. The summed E-state index contributed by atoms with van der Waals surface area (Å²) in [6.07, 6.45) is 2.70. The molecule has 2 aliphatic heterocycles. The largest absolute Gasteiger partial charge is 0.508 e. The van der Waals surface area contributed by atoms with Gasteiger partial charge in [0.15, 0.2) is 0 Å². The van der Waals surface area contributed by atoms with Crippen molar-refractivity contribution in [1.29, 1.82) is 0 Å². The molecule has 4 nitrogen and oxygen atoms in total. The fourth-order valence-corrected chi connectivity index (χ4v) is 4.24. The standard InChI is InChI=1S/C22H20N2O2/c1-14(2)24-19-6-4-3-5-16(19)12-22(24)13-23-21-18-11-17(25)9-7-15(18)8-10-20(21)26-22/h3-11,13-14,25H,12H2,1-2H3. The number of benzene rings is 3. The first-order valence-corrected chi connectivity index (χ1v) is 8.95. The Bertz CT molecular complexity index is 1060. The highest BCUT2D eigenvalue weighted by Gasteiger charge is 2.47. The summed E-state index contributed by atoms with van der Waals surface area (Å²) in [4.78, 5) is 7.12. The molecule has 0 aromatic heterocycles. The Labute approximate surface area is 152 Å². The molecular weight excluding hydrogens is 324 g/mol. The van der Waals surface area contributed by atoms with Crippen LogP contribution in [0.2, 0.25) is 0 Å². The van der Waals surface area contributed by atoms with Crippen molar-refractivity contribution >= 4 is 28.4 Å². The third-order valence-electron chi connectivity index (χ3n) is 5.24. The number of hydrogen-bond acceptors (Lipinski definition) is 4. The molecular formula is C22H20N2O2. The van der Waals surface area contributed by atoms with E-state index in [9.17, 15) is 5.11 Å². The molecule has 1 N–H and O–H groups in total. The van der Waals surface area contributed by atoms with Crippen LogP contribution in [0.5, 0.6) is 11.5 Å². The molecule has 0 aliphatic carbocycles. The van der Waals surface area contributed by atoms with Crippen LogP contribution < -0.4 is 9.64 Å². The van der Waals surface area contributed by atoms with Crippen molar-refractivity contribution < 1.29 is 9.84 Å². The van der Waals surface area contributed by atoms with Gasteiger partial charge in [-0.1, -0.05) is 30.3 Å². The summed E-state index contributed by atoms with van der Waals surface area (Å²) in [6.45, 7) is 4.35. The smallest absolute Gasteiger partial charge is 0.224 e. The summed E-state index contributed by atoms with van der Waals surface area (Å²) in [6, 6.07) is 18.1. The number of nitrogens with zero attached hydrogens (tertiary/aromatic N) is 2. The van der Waals surface area contributed by atoms with Crippen molar-refractivity contribution in [2.45, 2.75) is 32.0 Å². The SMILES string of the molecule is CC(C)N1c2ccccc2CC12C=Nc1c(ccc3ccc(O)cc13)O2. The fourth-order valence-electron chi connectivity index (χ4n) is 4.24. The number of para-hydroxylation sites is 1. The molecule has 0 bridgehead atoms. The third-order valence-corrected chi connectivity index (χ3v) is 5.24. The zero-order valence-electron chi connectivity index (χ0n) is 14.8. The first-order valence-electron chi connectivity index (χ1n) is 8.95. The molecule has 3 aromatic carbocycles. The van der Waals surface area contributed by atoms with Crippen LogP contribution >= 0.6 is 0 Å². The molecule has 0 saturated carbocycles. The number of fused-ring (bicyclic) bond motifs is 4. The predicted octanol–water partition coefficient (Wildman–Crippen LogP) is 4.81. The lowest BCUT2D eigenvalue weighted by atomic mass is 10.0. The Balaban J connectivity index is 1.66. The maximum atomic E-state index is 9.87. The molecule has 130 valence electrons. The Kier molecular flexibility index (Phi) is 3.08. The van der Waals surface area contributed by atoms with Gasteiger partial charge in [0.05, 0.1) is 6.21 Å². The molecule has 3 aromatic rings. The normalized spacial score (nSPS) is 20.5. The van der Waals surface area contributed by atoms with E-state index >= 15 is 0 Å². The number of ether oxygens (including phenoxy) is 1. The molecule has 26 heavy (non-hydrogen) atoms. The summed E-state index contributed by atoms with van der Waals surface area (Å²) in [5.41, 5.74) is 2.66. The fraction of sp³-hybridized carbons (Fsp3) is 0.227. The average molecular weight is 344 g/mol. The van der Waals surface area contributed by atoms with Gasteiger partial charge in [-0.05, 0) is 49.1 Å². The molecule has 5 rings (SSSR count). The predicted molar refractivity (Wildman–Crippen MR) is 105 cm³/mol. The highest BCUT2D eigenvalue weighted by Crippen LogP contribution is 2.47. The number of phenolic OH excluding ortho intramolecular Hbond substituents is 1. The molecule has 0 radical (unpaired) electrons. The lowest BCUT2D eigenvalue weighted by Crippen LogP contribution is -2.56. The van der Waals surface area contributed by atoms with Gasteiger partial charge >= 0.3 is 0 Å². The van der Waals surface area contributed by atoms with Gasteiger partial charge in [0.25, 0.3) is 0 Å². The van der Waals surface area contributed by atoms with E-state index in [2.05, 4.69) is 43.0 Å². The first kappa shape index (κ1) is 15.3. The molecule has 0 saturated heterocycles. The van der Waals surface area contributed by atoms with Crippen molar-refractivity contribution in [2.75, 3.05) is 4.90 Å². The van der Waals surface area contributed by atoms with E-state index in [1.807, 2.05) is 24.4 Å². The minimum absolute atomic E-state index is 0.235. The summed E-state index contributed by atoms with van der Waals surface area (Å²) < 4.78 is 6.58. The van der Waals surface area contributed by atoms with Crippen LogP contribution in [0.1, 0.15) is 19.4 Å². The number of hydrogen-bond donors (Lipinski definition) is 1. The van der Waals surface area contributed by atoms with Crippen LogP contribution in [0.4, 0.5) is 11.4 Å². The van der Waals surface area contributed by atoms with Gasteiger partial charge in [0.2, 0.25) is 5.72 Å². The van der Waals surface area contributed by atoms with E-state index in [-0.39, 0.29) is 11.8 Å². The van der Waals surface area contributed by atoms with Crippen LogP contribution in [0.15, 0.2) is 59.6 Å². The van der Waals surface area contributed by atoms with Crippen LogP contribution in [0.3, 0.4) is 0 Å². The van der Waals surface area contributed by atoms with Gasteiger partial charge < -0.3 is 14.7 Å². The topological polar surface area (TPSA) is 45.1 Å². The van der Waals surface area contributed by atoms with Gasteiger partial charge in [-0.25, -0.2) is 0 Å². The van der Waals surface area contributed by atoms with Crippen molar-refractivity contribution in [3.63, 3.8) is 0 Å². The van der Waals surface area contributed by atoms with E-state index in [1.54, 1.807) is 12.1 Å². The Morgan fingerprint density at radius 2 is 1.92 bits per heavy atom. The van der Waals surface area contributed by atoms with E-state index in [1.165, 1.54) is 11.3 Å². The maximum absolute atomic E-state index is 9.87. The first-order chi connectivity index (χ1) is 12.6.